The molecule has 0 bridgehead atoms. The molecule has 0 aliphatic heterocycles. The number of rotatable bonds is 5. The zero-order valence-electron chi connectivity index (χ0n) is 16.0. The van der Waals surface area contributed by atoms with Gasteiger partial charge in [-0.2, -0.15) is 0 Å². The molecular formula is C21H21N5O2. The largest absolute Gasteiger partial charge is 0.419 e. The fraction of sp³-hybridized carbons (Fsp3) is 0.238. The van der Waals surface area contributed by atoms with Crippen molar-refractivity contribution in [2.24, 2.45) is 0 Å². The quantitative estimate of drug-likeness (QED) is 0.575. The monoisotopic (exact) mass is 375 g/mol. The Balaban J connectivity index is 1.54. The number of para-hydroxylation sites is 1. The number of aromatic nitrogens is 4. The van der Waals surface area contributed by atoms with Crippen molar-refractivity contribution in [2.75, 3.05) is 7.05 Å². The summed E-state index contributed by atoms with van der Waals surface area (Å²) in [4.78, 5) is 21.7. The normalized spacial score (nSPS) is 12.6. The predicted molar refractivity (Wildman–Crippen MR) is 107 cm³/mol. The minimum Gasteiger partial charge on any atom is -0.419 e. The van der Waals surface area contributed by atoms with E-state index in [2.05, 4.69) is 20.2 Å². The molecule has 2 aromatic heterocycles. The third-order valence-electron chi connectivity index (χ3n) is 4.79. The Morgan fingerprint density at radius 3 is 2.79 bits per heavy atom. The molecule has 4 aromatic rings. The van der Waals surface area contributed by atoms with Crippen molar-refractivity contribution in [3.8, 4) is 11.5 Å². The smallest absolute Gasteiger partial charge is 0.258 e. The van der Waals surface area contributed by atoms with Crippen LogP contribution in [0.3, 0.4) is 0 Å². The summed E-state index contributed by atoms with van der Waals surface area (Å²) in [7, 11) is 1.93. The van der Waals surface area contributed by atoms with Crippen LogP contribution in [0.2, 0.25) is 0 Å². The molecular weight excluding hydrogens is 354 g/mol. The second-order valence-electron chi connectivity index (χ2n) is 6.94. The number of hydrogen-bond acceptors (Lipinski definition) is 6. The number of aryl methyl sites for hydroxylation is 1. The summed E-state index contributed by atoms with van der Waals surface area (Å²) in [5.74, 6) is 1.61. The van der Waals surface area contributed by atoms with Gasteiger partial charge in [0.25, 0.3) is 5.56 Å². The molecule has 0 saturated heterocycles. The molecule has 2 aromatic carbocycles. The van der Waals surface area contributed by atoms with Gasteiger partial charge in [-0.15, -0.1) is 10.2 Å². The number of H-pyrrole nitrogens is 1. The van der Waals surface area contributed by atoms with Crippen LogP contribution in [0.15, 0.2) is 57.7 Å². The number of nitrogens with one attached hydrogen (secondary N) is 1. The zero-order valence-corrected chi connectivity index (χ0v) is 16.0. The molecule has 0 aliphatic carbocycles. The molecule has 7 heteroatoms. The predicted octanol–water partition coefficient (Wildman–Crippen LogP) is 3.47. The SMILES string of the molecule is Cc1cccc(-c2nnc(C(C)N(C)Cc3nc4ccccc4c(=O)[nH]3)o2)c1. The minimum atomic E-state index is -0.138. The third-order valence-corrected chi connectivity index (χ3v) is 4.79. The van der Waals surface area contributed by atoms with Gasteiger partial charge in [0.1, 0.15) is 5.82 Å². The maximum absolute atomic E-state index is 12.3. The van der Waals surface area contributed by atoms with E-state index in [0.717, 1.165) is 11.1 Å². The molecule has 1 atom stereocenters. The topological polar surface area (TPSA) is 87.9 Å². The molecule has 2 heterocycles. The summed E-state index contributed by atoms with van der Waals surface area (Å²) in [6.45, 7) is 4.45. The average molecular weight is 375 g/mol. The number of aromatic amines is 1. The summed E-state index contributed by atoms with van der Waals surface area (Å²) in [6.07, 6.45) is 0. The number of nitrogens with zero attached hydrogens (tertiary/aromatic N) is 4. The highest BCUT2D eigenvalue weighted by molar-refractivity contribution is 5.77. The van der Waals surface area contributed by atoms with E-state index >= 15 is 0 Å². The molecule has 4 rings (SSSR count). The lowest BCUT2D eigenvalue weighted by Crippen LogP contribution is -2.25. The maximum Gasteiger partial charge on any atom is 0.258 e. The fourth-order valence-electron chi connectivity index (χ4n) is 3.07. The van der Waals surface area contributed by atoms with Gasteiger partial charge >= 0.3 is 0 Å². The lowest BCUT2D eigenvalue weighted by molar-refractivity contribution is 0.213. The van der Waals surface area contributed by atoms with E-state index in [9.17, 15) is 4.79 Å². The van der Waals surface area contributed by atoms with Gasteiger partial charge in [0.05, 0.1) is 23.5 Å². The molecule has 1 N–H and O–H groups in total. The first-order chi connectivity index (χ1) is 13.5. The Morgan fingerprint density at radius 2 is 1.96 bits per heavy atom. The molecule has 0 fully saturated rings. The van der Waals surface area contributed by atoms with Crippen LogP contribution in [0, 0.1) is 6.92 Å². The van der Waals surface area contributed by atoms with E-state index in [-0.39, 0.29) is 11.6 Å². The number of hydrogen-bond donors (Lipinski definition) is 1. The van der Waals surface area contributed by atoms with E-state index in [4.69, 9.17) is 4.42 Å². The van der Waals surface area contributed by atoms with Crippen LogP contribution in [0.5, 0.6) is 0 Å². The Kier molecular flexibility index (Phi) is 4.75. The highest BCUT2D eigenvalue weighted by Crippen LogP contribution is 2.24. The van der Waals surface area contributed by atoms with Gasteiger partial charge in [0, 0.05) is 5.56 Å². The Hall–Kier alpha value is -3.32. The molecule has 0 saturated carbocycles. The van der Waals surface area contributed by atoms with E-state index < -0.39 is 0 Å². The minimum absolute atomic E-state index is 0.136. The van der Waals surface area contributed by atoms with Gasteiger partial charge in [-0.1, -0.05) is 29.8 Å². The lowest BCUT2D eigenvalue weighted by atomic mass is 10.1. The summed E-state index contributed by atoms with van der Waals surface area (Å²) < 4.78 is 5.88. The Morgan fingerprint density at radius 1 is 1.14 bits per heavy atom. The number of benzene rings is 2. The van der Waals surface area contributed by atoms with Crippen LogP contribution in [0.1, 0.15) is 30.2 Å². The lowest BCUT2D eigenvalue weighted by Gasteiger charge is -2.21. The molecule has 0 amide bonds. The van der Waals surface area contributed by atoms with Gasteiger partial charge in [-0.25, -0.2) is 4.98 Å². The molecule has 0 spiro atoms. The second-order valence-corrected chi connectivity index (χ2v) is 6.94. The van der Waals surface area contributed by atoms with Crippen LogP contribution < -0.4 is 5.56 Å². The van der Waals surface area contributed by atoms with Crippen molar-refractivity contribution in [3.05, 3.63) is 76.2 Å². The van der Waals surface area contributed by atoms with E-state index in [1.807, 2.05) is 68.3 Å². The fourth-order valence-corrected chi connectivity index (χ4v) is 3.07. The average Bonchev–Trinajstić information content (AvgIpc) is 3.17. The van der Waals surface area contributed by atoms with Crippen LogP contribution >= 0.6 is 0 Å². The van der Waals surface area contributed by atoms with Gasteiger partial charge in [0.2, 0.25) is 11.8 Å². The van der Waals surface area contributed by atoms with Crippen molar-refractivity contribution in [3.63, 3.8) is 0 Å². The molecule has 7 nitrogen and oxygen atoms in total. The second kappa shape index (κ2) is 7.36. The van der Waals surface area contributed by atoms with Gasteiger partial charge in [-0.05, 0) is 45.2 Å². The molecule has 142 valence electrons. The van der Waals surface area contributed by atoms with E-state index in [1.54, 1.807) is 6.07 Å². The summed E-state index contributed by atoms with van der Waals surface area (Å²) in [6, 6.07) is 15.1. The Bertz CT molecular complexity index is 1180. The number of fused-ring (bicyclic) bond motifs is 1. The molecule has 1 unspecified atom stereocenters. The first-order valence-corrected chi connectivity index (χ1v) is 9.10. The molecule has 0 aliphatic rings. The standard InChI is InChI=1S/C21H21N5O2/c1-13-7-6-8-15(11-13)21-25-24-20(28-21)14(2)26(3)12-18-22-17-10-5-4-9-16(17)19(27)23-18/h4-11,14H,12H2,1-3H3,(H,22,23,27). The highest BCUT2D eigenvalue weighted by Gasteiger charge is 2.20. The van der Waals surface area contributed by atoms with Gasteiger partial charge in [-0.3, -0.25) is 9.69 Å². The molecule has 0 radical (unpaired) electrons. The van der Waals surface area contributed by atoms with Crippen molar-refractivity contribution >= 4 is 10.9 Å². The maximum atomic E-state index is 12.3. The van der Waals surface area contributed by atoms with E-state index in [1.165, 1.54) is 0 Å². The van der Waals surface area contributed by atoms with Crippen LogP contribution in [0.25, 0.3) is 22.4 Å². The summed E-state index contributed by atoms with van der Waals surface area (Å²) >= 11 is 0. The zero-order chi connectivity index (χ0) is 19.7. The van der Waals surface area contributed by atoms with Crippen LogP contribution in [0.4, 0.5) is 0 Å². The first kappa shape index (κ1) is 18.1. The van der Waals surface area contributed by atoms with Crippen molar-refractivity contribution in [1.82, 2.24) is 25.1 Å². The van der Waals surface area contributed by atoms with Crippen molar-refractivity contribution in [2.45, 2.75) is 26.4 Å². The summed E-state index contributed by atoms with van der Waals surface area (Å²) in [5, 5.41) is 8.96. The van der Waals surface area contributed by atoms with Crippen LogP contribution in [-0.2, 0) is 6.54 Å². The van der Waals surface area contributed by atoms with Crippen LogP contribution in [-0.4, -0.2) is 32.1 Å². The van der Waals surface area contributed by atoms with E-state index in [0.29, 0.717) is 35.1 Å². The molecule has 28 heavy (non-hydrogen) atoms. The van der Waals surface area contributed by atoms with Gasteiger partial charge < -0.3 is 9.40 Å². The third kappa shape index (κ3) is 3.57. The summed E-state index contributed by atoms with van der Waals surface area (Å²) in [5.41, 5.74) is 2.57. The van der Waals surface area contributed by atoms with Gasteiger partial charge in [0.15, 0.2) is 0 Å². The highest BCUT2D eigenvalue weighted by atomic mass is 16.4. The first-order valence-electron chi connectivity index (χ1n) is 9.10. The van der Waals surface area contributed by atoms with Crippen molar-refractivity contribution < 1.29 is 4.42 Å². The van der Waals surface area contributed by atoms with Crippen molar-refractivity contribution in [1.29, 1.82) is 0 Å². The Labute approximate surface area is 162 Å².